The predicted molar refractivity (Wildman–Crippen MR) is 116 cm³/mol. The number of aromatic nitrogens is 3. The van der Waals surface area contributed by atoms with E-state index in [1.54, 1.807) is 6.33 Å². The number of aliphatic imine (C=N–C) groups is 1. The van der Waals surface area contributed by atoms with Crippen LogP contribution in [-0.4, -0.2) is 40.9 Å². The van der Waals surface area contributed by atoms with E-state index in [2.05, 4.69) is 68.5 Å². The Morgan fingerprint density at radius 2 is 2.04 bits per heavy atom. The lowest BCUT2D eigenvalue weighted by Gasteiger charge is -2.21. The number of hydrogen-bond acceptors (Lipinski definition) is 3. The van der Waals surface area contributed by atoms with Gasteiger partial charge in [-0.3, -0.25) is 4.99 Å². The van der Waals surface area contributed by atoms with Crippen LogP contribution >= 0.6 is 24.0 Å². The Bertz CT molecular complexity index is 735. The maximum Gasteiger partial charge on any atom is 0.191 e. The molecular formula is C19H29IN6. The van der Waals surface area contributed by atoms with Gasteiger partial charge in [-0.2, -0.15) is 0 Å². The van der Waals surface area contributed by atoms with E-state index in [9.17, 15) is 0 Å². The van der Waals surface area contributed by atoms with Gasteiger partial charge in [0.1, 0.15) is 12.2 Å². The van der Waals surface area contributed by atoms with Crippen LogP contribution in [0.3, 0.4) is 0 Å². The van der Waals surface area contributed by atoms with E-state index in [4.69, 9.17) is 0 Å². The van der Waals surface area contributed by atoms with Crippen molar-refractivity contribution in [1.82, 2.24) is 25.4 Å². The Morgan fingerprint density at radius 1 is 1.27 bits per heavy atom. The molecule has 6 nitrogen and oxygen atoms in total. The monoisotopic (exact) mass is 468 g/mol. The standard InChI is InChI=1S/C19H28N6.HI/c1-4-17-24-23-14-25(17)12-11-21-18(20-3)22-13-19(9-10-19)16-8-6-5-7-15(16)2;/h5-8,14H,4,9-13H2,1-3H3,(H2,20,21,22);1H. The summed E-state index contributed by atoms with van der Waals surface area (Å²) in [5.41, 5.74) is 3.12. The van der Waals surface area contributed by atoms with E-state index >= 15 is 0 Å². The van der Waals surface area contributed by atoms with Crippen LogP contribution in [-0.2, 0) is 18.4 Å². The van der Waals surface area contributed by atoms with Gasteiger partial charge in [0, 0.05) is 38.5 Å². The average molecular weight is 468 g/mol. The number of guanidine groups is 1. The zero-order chi connectivity index (χ0) is 17.7. The van der Waals surface area contributed by atoms with Crippen molar-refractivity contribution >= 4 is 29.9 Å². The van der Waals surface area contributed by atoms with E-state index in [-0.39, 0.29) is 29.4 Å². The summed E-state index contributed by atoms with van der Waals surface area (Å²) in [6.45, 7) is 6.84. The fourth-order valence-electron chi connectivity index (χ4n) is 3.37. The second-order valence-corrected chi connectivity index (χ2v) is 6.74. The van der Waals surface area contributed by atoms with Crippen LogP contribution in [0.1, 0.15) is 36.7 Å². The van der Waals surface area contributed by atoms with Crippen LogP contribution in [0.5, 0.6) is 0 Å². The lowest BCUT2D eigenvalue weighted by molar-refractivity contribution is 0.614. The highest BCUT2D eigenvalue weighted by atomic mass is 127. The number of nitrogens with zero attached hydrogens (tertiary/aromatic N) is 4. The summed E-state index contributed by atoms with van der Waals surface area (Å²) in [5, 5.41) is 15.0. The second-order valence-electron chi connectivity index (χ2n) is 6.74. The molecule has 1 aliphatic carbocycles. The van der Waals surface area contributed by atoms with Crippen molar-refractivity contribution in [2.24, 2.45) is 4.99 Å². The van der Waals surface area contributed by atoms with Crippen LogP contribution in [0.15, 0.2) is 35.6 Å². The number of halogens is 1. The Labute approximate surface area is 172 Å². The normalized spacial score (nSPS) is 15.3. The molecular weight excluding hydrogens is 439 g/mol. The number of aryl methyl sites for hydroxylation is 2. The zero-order valence-corrected chi connectivity index (χ0v) is 18.2. The summed E-state index contributed by atoms with van der Waals surface area (Å²) in [6.07, 6.45) is 5.16. The molecule has 0 saturated heterocycles. The molecule has 0 spiro atoms. The molecule has 0 atom stereocenters. The Morgan fingerprint density at radius 3 is 2.69 bits per heavy atom. The molecule has 2 N–H and O–H groups in total. The number of benzene rings is 1. The molecule has 26 heavy (non-hydrogen) atoms. The van der Waals surface area contributed by atoms with E-state index in [0.717, 1.165) is 37.8 Å². The smallest absolute Gasteiger partial charge is 0.191 e. The molecule has 1 heterocycles. The van der Waals surface area contributed by atoms with Crippen molar-refractivity contribution < 1.29 is 0 Å². The highest BCUT2D eigenvalue weighted by molar-refractivity contribution is 14.0. The van der Waals surface area contributed by atoms with Crippen LogP contribution in [0.25, 0.3) is 0 Å². The predicted octanol–water partition coefficient (Wildman–Crippen LogP) is 2.66. The van der Waals surface area contributed by atoms with E-state index < -0.39 is 0 Å². The van der Waals surface area contributed by atoms with Gasteiger partial charge in [0.05, 0.1) is 0 Å². The molecule has 0 amide bonds. The zero-order valence-electron chi connectivity index (χ0n) is 15.8. The Hall–Kier alpha value is -1.64. The van der Waals surface area contributed by atoms with E-state index in [0.29, 0.717) is 0 Å². The highest BCUT2D eigenvalue weighted by Gasteiger charge is 2.44. The van der Waals surface area contributed by atoms with Gasteiger partial charge in [0.15, 0.2) is 5.96 Å². The number of rotatable bonds is 7. The molecule has 1 fully saturated rings. The molecule has 1 aromatic heterocycles. The molecule has 1 saturated carbocycles. The average Bonchev–Trinajstić information content (AvgIpc) is 3.28. The maximum atomic E-state index is 4.35. The van der Waals surface area contributed by atoms with Gasteiger partial charge in [-0.15, -0.1) is 34.2 Å². The maximum absolute atomic E-state index is 4.35. The van der Waals surface area contributed by atoms with E-state index in [1.807, 2.05) is 7.05 Å². The van der Waals surface area contributed by atoms with Crippen molar-refractivity contribution in [2.75, 3.05) is 20.1 Å². The lowest BCUT2D eigenvalue weighted by atomic mass is 9.92. The third-order valence-corrected chi connectivity index (χ3v) is 5.04. The quantitative estimate of drug-likeness (QED) is 0.373. The number of hydrogen-bond donors (Lipinski definition) is 2. The van der Waals surface area contributed by atoms with Crippen molar-refractivity contribution in [3.8, 4) is 0 Å². The summed E-state index contributed by atoms with van der Waals surface area (Å²) < 4.78 is 2.08. The van der Waals surface area contributed by atoms with Gasteiger partial charge in [-0.25, -0.2) is 0 Å². The molecule has 0 aliphatic heterocycles. The molecule has 0 bridgehead atoms. The van der Waals surface area contributed by atoms with Gasteiger partial charge in [0.2, 0.25) is 0 Å². The van der Waals surface area contributed by atoms with Gasteiger partial charge in [-0.05, 0) is 30.9 Å². The van der Waals surface area contributed by atoms with Crippen molar-refractivity contribution in [3.05, 3.63) is 47.5 Å². The highest BCUT2D eigenvalue weighted by Crippen LogP contribution is 2.48. The molecule has 2 aromatic rings. The van der Waals surface area contributed by atoms with Crippen LogP contribution in [0, 0.1) is 6.92 Å². The molecule has 7 heteroatoms. The van der Waals surface area contributed by atoms with E-state index in [1.165, 1.54) is 24.0 Å². The Balaban J connectivity index is 0.00000243. The fourth-order valence-corrected chi connectivity index (χ4v) is 3.37. The number of nitrogens with one attached hydrogen (secondary N) is 2. The minimum Gasteiger partial charge on any atom is -0.356 e. The van der Waals surface area contributed by atoms with Crippen LogP contribution in [0.2, 0.25) is 0 Å². The summed E-state index contributed by atoms with van der Waals surface area (Å²) >= 11 is 0. The molecule has 1 aliphatic rings. The molecule has 0 unspecified atom stereocenters. The molecule has 0 radical (unpaired) electrons. The summed E-state index contributed by atoms with van der Waals surface area (Å²) in [7, 11) is 1.82. The first-order valence-corrected chi connectivity index (χ1v) is 9.06. The van der Waals surface area contributed by atoms with Crippen molar-refractivity contribution in [2.45, 2.75) is 45.1 Å². The molecule has 142 valence electrons. The minimum absolute atomic E-state index is 0. The van der Waals surface area contributed by atoms with Gasteiger partial charge < -0.3 is 15.2 Å². The van der Waals surface area contributed by atoms with Gasteiger partial charge in [-0.1, -0.05) is 31.2 Å². The largest absolute Gasteiger partial charge is 0.356 e. The third-order valence-electron chi connectivity index (χ3n) is 5.04. The second kappa shape index (κ2) is 9.34. The van der Waals surface area contributed by atoms with Gasteiger partial charge >= 0.3 is 0 Å². The minimum atomic E-state index is 0. The molecule has 1 aromatic carbocycles. The summed E-state index contributed by atoms with van der Waals surface area (Å²) in [5.74, 6) is 1.87. The first-order valence-electron chi connectivity index (χ1n) is 9.06. The fraction of sp³-hybridized carbons (Fsp3) is 0.526. The van der Waals surface area contributed by atoms with Crippen LogP contribution < -0.4 is 10.6 Å². The topological polar surface area (TPSA) is 67.1 Å². The van der Waals surface area contributed by atoms with Crippen molar-refractivity contribution in [1.29, 1.82) is 0 Å². The first kappa shape index (κ1) is 20.7. The van der Waals surface area contributed by atoms with Gasteiger partial charge in [0.25, 0.3) is 0 Å². The van der Waals surface area contributed by atoms with Crippen molar-refractivity contribution in [3.63, 3.8) is 0 Å². The van der Waals surface area contributed by atoms with Crippen LogP contribution in [0.4, 0.5) is 0 Å². The summed E-state index contributed by atoms with van der Waals surface area (Å²) in [6, 6.07) is 8.71. The third kappa shape index (κ3) is 4.75. The lowest BCUT2D eigenvalue weighted by Crippen LogP contribution is -2.42. The molecule has 3 rings (SSSR count). The Kier molecular flexibility index (Phi) is 7.43. The SMILES string of the molecule is CCc1nncn1CCNC(=NC)NCC1(c2ccccc2C)CC1.I. The first-order chi connectivity index (χ1) is 12.2. The summed E-state index contributed by atoms with van der Waals surface area (Å²) in [4.78, 5) is 4.35.